The van der Waals surface area contributed by atoms with Gasteiger partial charge in [-0.25, -0.2) is 26.7 Å². The van der Waals surface area contributed by atoms with Gasteiger partial charge in [0.15, 0.2) is 11.6 Å². The lowest BCUT2D eigenvalue weighted by Crippen LogP contribution is -2.53. The minimum atomic E-state index is -4.38. The van der Waals surface area contributed by atoms with Crippen molar-refractivity contribution in [2.45, 2.75) is 29.7 Å². The smallest absolute Gasteiger partial charge is 0.322 e. The highest BCUT2D eigenvalue weighted by Crippen LogP contribution is 2.38. The number of rotatable bonds is 5. The Hall–Kier alpha value is -2.31. The molecule has 1 aromatic rings. The van der Waals surface area contributed by atoms with Crippen molar-refractivity contribution in [2.75, 3.05) is 37.7 Å². The summed E-state index contributed by atoms with van der Waals surface area (Å²) in [7, 11) is -4.38. The van der Waals surface area contributed by atoms with Gasteiger partial charge >= 0.3 is 6.03 Å². The first-order valence-corrected chi connectivity index (χ1v) is 11.2. The second kappa shape index (κ2) is 7.75. The number of halogens is 2. The Bertz CT molecular complexity index is 983. The van der Waals surface area contributed by atoms with Crippen LogP contribution in [-0.4, -0.2) is 58.7 Å². The van der Waals surface area contributed by atoms with Crippen LogP contribution in [0.1, 0.15) is 19.3 Å². The normalized spacial score (nSPS) is 26.9. The van der Waals surface area contributed by atoms with Gasteiger partial charge in [-0.2, -0.15) is 0 Å². The van der Waals surface area contributed by atoms with Gasteiger partial charge in [-0.1, -0.05) is 6.42 Å². The van der Waals surface area contributed by atoms with Gasteiger partial charge in [-0.05, 0) is 25.0 Å². The van der Waals surface area contributed by atoms with Crippen LogP contribution in [0.3, 0.4) is 0 Å². The summed E-state index contributed by atoms with van der Waals surface area (Å²) >= 11 is 0. The zero-order chi connectivity index (χ0) is 21.5. The van der Waals surface area contributed by atoms with Gasteiger partial charge in [0.25, 0.3) is 5.91 Å². The standard InChI is InChI=1S/C18H22F2N4O5S/c19-14-12(24-6-8-29-9-7-24)3-4-13(15(14)20)30(27,28)21-10-11-2-1-5-18(11)16(25)22-17(26)23-18/h3-4,11,21H,1-2,5-10H2,(H2,22,23,25,26). The van der Waals surface area contributed by atoms with E-state index < -0.39 is 49.9 Å². The number of anilines is 1. The zero-order valence-corrected chi connectivity index (χ0v) is 16.9. The molecule has 9 nitrogen and oxygen atoms in total. The van der Waals surface area contributed by atoms with Gasteiger partial charge in [0, 0.05) is 25.6 Å². The van der Waals surface area contributed by atoms with E-state index in [-0.39, 0.29) is 12.2 Å². The number of urea groups is 1. The minimum absolute atomic E-state index is 0.0187. The van der Waals surface area contributed by atoms with Gasteiger partial charge in [-0.3, -0.25) is 10.1 Å². The number of carbonyl (C=O) groups excluding carboxylic acids is 2. The third-order valence-electron chi connectivity index (χ3n) is 5.98. The van der Waals surface area contributed by atoms with Crippen LogP contribution in [-0.2, 0) is 19.6 Å². The van der Waals surface area contributed by atoms with Crippen LogP contribution in [0.2, 0.25) is 0 Å². The summed E-state index contributed by atoms with van der Waals surface area (Å²) in [6, 6.07) is 1.64. The van der Waals surface area contributed by atoms with Crippen LogP contribution in [0.25, 0.3) is 0 Å². The lowest BCUT2D eigenvalue weighted by atomic mass is 9.87. The molecule has 4 rings (SSSR count). The fourth-order valence-corrected chi connectivity index (χ4v) is 5.54. The van der Waals surface area contributed by atoms with Crippen LogP contribution >= 0.6 is 0 Å². The molecule has 30 heavy (non-hydrogen) atoms. The van der Waals surface area contributed by atoms with E-state index in [0.29, 0.717) is 45.6 Å². The van der Waals surface area contributed by atoms with Crippen molar-refractivity contribution in [1.82, 2.24) is 15.4 Å². The average Bonchev–Trinajstić information content (AvgIpc) is 3.25. The summed E-state index contributed by atoms with van der Waals surface area (Å²) in [5.74, 6) is -3.69. The van der Waals surface area contributed by atoms with Gasteiger partial charge in [0.1, 0.15) is 10.4 Å². The largest absolute Gasteiger partial charge is 0.378 e. The Labute approximate surface area is 172 Å². The summed E-state index contributed by atoms with van der Waals surface area (Å²) in [6.07, 6.45) is 1.51. The maximum absolute atomic E-state index is 14.6. The Morgan fingerprint density at radius 3 is 2.60 bits per heavy atom. The topological polar surface area (TPSA) is 117 Å². The Balaban J connectivity index is 1.52. The molecule has 3 aliphatic rings. The van der Waals surface area contributed by atoms with E-state index in [1.165, 1.54) is 6.07 Å². The number of ether oxygens (including phenoxy) is 1. The van der Waals surface area contributed by atoms with Crippen LogP contribution in [0, 0.1) is 17.6 Å². The molecule has 1 aromatic carbocycles. The minimum Gasteiger partial charge on any atom is -0.378 e. The maximum atomic E-state index is 14.6. The molecule has 1 spiro atoms. The Morgan fingerprint density at radius 1 is 1.20 bits per heavy atom. The number of amides is 3. The summed E-state index contributed by atoms with van der Waals surface area (Å²) in [5, 5.41) is 4.76. The molecular weight excluding hydrogens is 422 g/mol. The van der Waals surface area contributed by atoms with Crippen molar-refractivity contribution < 1.29 is 31.5 Å². The van der Waals surface area contributed by atoms with Gasteiger partial charge in [0.05, 0.1) is 18.9 Å². The van der Waals surface area contributed by atoms with Crippen molar-refractivity contribution in [2.24, 2.45) is 5.92 Å². The molecule has 2 saturated heterocycles. The SMILES string of the molecule is O=C1NC(=O)C2(CCCC2CNS(=O)(=O)c2ccc(N3CCOCC3)c(F)c2F)N1. The first kappa shape index (κ1) is 20.9. The molecule has 12 heteroatoms. The van der Waals surface area contributed by atoms with Crippen LogP contribution < -0.4 is 20.3 Å². The number of sulfonamides is 1. The molecule has 0 radical (unpaired) electrons. The second-order valence-electron chi connectivity index (χ2n) is 7.63. The maximum Gasteiger partial charge on any atom is 0.322 e. The molecule has 164 valence electrons. The molecule has 2 heterocycles. The van der Waals surface area contributed by atoms with E-state index in [1.807, 2.05) is 0 Å². The number of morpholine rings is 1. The van der Waals surface area contributed by atoms with Crippen molar-refractivity contribution in [3.8, 4) is 0 Å². The van der Waals surface area contributed by atoms with Gasteiger partial charge in [-0.15, -0.1) is 0 Å². The summed E-state index contributed by atoms with van der Waals surface area (Å²) < 4.78 is 62.0. The molecule has 1 saturated carbocycles. The molecule has 3 amide bonds. The Morgan fingerprint density at radius 2 is 1.93 bits per heavy atom. The van der Waals surface area contributed by atoms with E-state index in [9.17, 15) is 26.8 Å². The van der Waals surface area contributed by atoms with Gasteiger partial charge in [0.2, 0.25) is 10.0 Å². The number of hydrogen-bond acceptors (Lipinski definition) is 6. The van der Waals surface area contributed by atoms with Crippen LogP contribution in [0.5, 0.6) is 0 Å². The number of hydrogen-bond donors (Lipinski definition) is 3. The number of carbonyl (C=O) groups is 2. The highest BCUT2D eigenvalue weighted by atomic mass is 32.2. The lowest BCUT2D eigenvalue weighted by Gasteiger charge is -2.29. The molecule has 2 aliphatic heterocycles. The van der Waals surface area contributed by atoms with Gasteiger partial charge < -0.3 is 15.0 Å². The fraction of sp³-hybridized carbons (Fsp3) is 0.556. The molecule has 1 aliphatic carbocycles. The molecule has 0 aromatic heterocycles. The zero-order valence-electron chi connectivity index (χ0n) is 16.0. The van der Waals surface area contributed by atoms with Crippen molar-refractivity contribution in [3.05, 3.63) is 23.8 Å². The molecule has 2 atom stereocenters. The van der Waals surface area contributed by atoms with Crippen molar-refractivity contribution in [1.29, 1.82) is 0 Å². The highest BCUT2D eigenvalue weighted by Gasteiger charge is 2.54. The number of benzene rings is 1. The quantitative estimate of drug-likeness (QED) is 0.568. The molecular formula is C18H22F2N4O5S. The van der Waals surface area contributed by atoms with Crippen LogP contribution in [0.15, 0.2) is 17.0 Å². The predicted octanol–water partition coefficient (Wildman–Crippen LogP) is 0.458. The number of imide groups is 1. The number of nitrogens with zero attached hydrogens (tertiary/aromatic N) is 1. The monoisotopic (exact) mass is 444 g/mol. The predicted molar refractivity (Wildman–Crippen MR) is 101 cm³/mol. The van der Waals surface area contributed by atoms with E-state index in [0.717, 1.165) is 6.07 Å². The highest BCUT2D eigenvalue weighted by molar-refractivity contribution is 7.89. The van der Waals surface area contributed by atoms with E-state index in [1.54, 1.807) is 4.90 Å². The average molecular weight is 444 g/mol. The van der Waals surface area contributed by atoms with Crippen LogP contribution in [0.4, 0.5) is 19.3 Å². The lowest BCUT2D eigenvalue weighted by molar-refractivity contribution is -0.125. The van der Waals surface area contributed by atoms with Crippen molar-refractivity contribution >= 4 is 27.6 Å². The Kier molecular flexibility index (Phi) is 5.41. The number of nitrogens with one attached hydrogen (secondary N) is 3. The fourth-order valence-electron chi connectivity index (χ4n) is 4.39. The van der Waals surface area contributed by atoms with E-state index in [4.69, 9.17) is 4.74 Å². The van der Waals surface area contributed by atoms with E-state index >= 15 is 0 Å². The summed E-state index contributed by atoms with van der Waals surface area (Å²) in [5.41, 5.74) is -1.20. The van der Waals surface area contributed by atoms with Crippen molar-refractivity contribution in [3.63, 3.8) is 0 Å². The first-order chi connectivity index (χ1) is 14.2. The molecule has 3 N–H and O–H groups in total. The second-order valence-corrected chi connectivity index (χ2v) is 9.37. The molecule has 3 fully saturated rings. The summed E-state index contributed by atoms with van der Waals surface area (Å²) in [6.45, 7) is 1.30. The molecule has 2 unspecified atom stereocenters. The third-order valence-corrected chi connectivity index (χ3v) is 7.42. The van der Waals surface area contributed by atoms with E-state index in [2.05, 4.69) is 15.4 Å². The summed E-state index contributed by atoms with van der Waals surface area (Å²) in [4.78, 5) is 24.5. The first-order valence-electron chi connectivity index (χ1n) is 9.68. The third kappa shape index (κ3) is 3.52. The molecule has 0 bridgehead atoms.